The van der Waals surface area contributed by atoms with Crippen molar-refractivity contribution in [1.29, 1.82) is 0 Å². The monoisotopic (exact) mass is 424 g/mol. The minimum atomic E-state index is -3.44. The minimum Gasteiger partial charge on any atom is -0.314 e. The highest BCUT2D eigenvalue weighted by atomic mass is 32.2. The quantitative estimate of drug-likeness (QED) is 0.684. The highest BCUT2D eigenvalue weighted by Gasteiger charge is 2.30. The van der Waals surface area contributed by atoms with Gasteiger partial charge < -0.3 is 9.47 Å². The molecular formula is C19H30N5O2S2+. The maximum atomic E-state index is 13.0. The van der Waals surface area contributed by atoms with Crippen molar-refractivity contribution in [3.8, 4) is 0 Å². The molecule has 0 spiro atoms. The van der Waals surface area contributed by atoms with E-state index in [1.807, 2.05) is 28.3 Å². The molecule has 0 amide bonds. The van der Waals surface area contributed by atoms with E-state index in [1.165, 1.54) is 10.5 Å². The van der Waals surface area contributed by atoms with E-state index < -0.39 is 10.0 Å². The van der Waals surface area contributed by atoms with Gasteiger partial charge in [0.05, 0.1) is 31.1 Å². The highest BCUT2D eigenvalue weighted by molar-refractivity contribution is 7.89. The normalized spacial score (nSPS) is 17.7. The largest absolute Gasteiger partial charge is 0.314 e. The molecule has 0 unspecified atom stereocenters. The minimum absolute atomic E-state index is 0.381. The second-order valence-corrected chi connectivity index (χ2v) is 9.69. The van der Waals surface area contributed by atoms with Crippen LogP contribution in [0.2, 0.25) is 0 Å². The Balaban J connectivity index is 1.63. The van der Waals surface area contributed by atoms with Gasteiger partial charge in [0.25, 0.3) is 0 Å². The summed E-state index contributed by atoms with van der Waals surface area (Å²) in [5.74, 6) is 0.437. The molecule has 7 nitrogen and oxygen atoms in total. The van der Waals surface area contributed by atoms with Gasteiger partial charge in [-0.25, -0.2) is 8.42 Å². The number of hydrogen-bond donors (Lipinski definition) is 1. The molecule has 2 aromatic rings. The van der Waals surface area contributed by atoms with Crippen molar-refractivity contribution in [2.45, 2.75) is 51.2 Å². The second kappa shape index (κ2) is 8.86. The second-order valence-electron chi connectivity index (χ2n) is 7.39. The zero-order chi connectivity index (χ0) is 20.3. The van der Waals surface area contributed by atoms with Crippen molar-refractivity contribution in [3.05, 3.63) is 40.9 Å². The van der Waals surface area contributed by atoms with Gasteiger partial charge in [-0.05, 0) is 49.2 Å². The van der Waals surface area contributed by atoms with E-state index in [0.717, 1.165) is 26.1 Å². The van der Waals surface area contributed by atoms with Gasteiger partial charge in [0, 0.05) is 6.54 Å². The van der Waals surface area contributed by atoms with Crippen molar-refractivity contribution < 1.29 is 13.3 Å². The van der Waals surface area contributed by atoms with Crippen molar-refractivity contribution in [2.75, 3.05) is 26.2 Å². The van der Waals surface area contributed by atoms with Crippen LogP contribution in [0.4, 0.5) is 0 Å². The van der Waals surface area contributed by atoms with Gasteiger partial charge in [-0.15, -0.1) is 0 Å². The lowest BCUT2D eigenvalue weighted by atomic mass is 9.99. The fourth-order valence-electron chi connectivity index (χ4n) is 3.46. The molecule has 1 aliphatic heterocycles. The van der Waals surface area contributed by atoms with E-state index in [4.69, 9.17) is 12.2 Å². The van der Waals surface area contributed by atoms with Gasteiger partial charge in [-0.3, -0.25) is 0 Å². The van der Waals surface area contributed by atoms with Gasteiger partial charge in [0.15, 0.2) is 6.67 Å². The van der Waals surface area contributed by atoms with Crippen molar-refractivity contribution in [3.63, 3.8) is 0 Å². The summed E-state index contributed by atoms with van der Waals surface area (Å²) in [5.41, 5.74) is 1.18. The lowest BCUT2D eigenvalue weighted by molar-refractivity contribution is -0.926. The maximum absolute atomic E-state index is 13.0. The number of nitrogens with one attached hydrogen (secondary N) is 1. The summed E-state index contributed by atoms with van der Waals surface area (Å²) in [4.78, 5) is 1.67. The standard InChI is InChI=1S/C19H29N5O2S2/c1-4-16(3)17-6-8-18(9-7-17)28(25,26)23-12-10-21(11-13-23)15-24-19(27)22(5-2)14-20-24/h6-9,14,16H,4-5,10-13,15H2,1-3H3/p+1/t16-/m1/s1. The predicted octanol–water partition coefficient (Wildman–Crippen LogP) is 1.49. The van der Waals surface area contributed by atoms with Gasteiger partial charge in [0.2, 0.25) is 14.8 Å². The van der Waals surface area contributed by atoms with E-state index in [2.05, 4.69) is 18.9 Å². The van der Waals surface area contributed by atoms with Crippen LogP contribution in [0.1, 0.15) is 38.7 Å². The van der Waals surface area contributed by atoms with Gasteiger partial charge in [0.1, 0.15) is 6.33 Å². The Kier molecular flexibility index (Phi) is 6.69. The molecule has 0 aliphatic carbocycles. The SMILES string of the molecule is CC[C@@H](C)c1ccc(S(=O)(=O)N2CC[NH+](Cn3ncn(CC)c3=S)CC2)cc1. The highest BCUT2D eigenvalue weighted by Crippen LogP contribution is 2.22. The summed E-state index contributed by atoms with van der Waals surface area (Å²) in [6, 6.07) is 7.36. The first-order chi connectivity index (χ1) is 13.4. The first-order valence-electron chi connectivity index (χ1n) is 9.92. The van der Waals surface area contributed by atoms with Crippen molar-refractivity contribution >= 4 is 22.2 Å². The molecule has 2 heterocycles. The lowest BCUT2D eigenvalue weighted by Gasteiger charge is -2.31. The number of sulfonamides is 1. The maximum Gasteiger partial charge on any atom is 0.243 e. The molecule has 0 bridgehead atoms. The van der Waals surface area contributed by atoms with Crippen LogP contribution in [0.5, 0.6) is 0 Å². The Labute approximate surface area is 172 Å². The molecule has 28 heavy (non-hydrogen) atoms. The van der Waals surface area contributed by atoms with Crippen LogP contribution in [-0.2, 0) is 23.2 Å². The molecule has 154 valence electrons. The Morgan fingerprint density at radius 1 is 1.18 bits per heavy atom. The third kappa shape index (κ3) is 4.37. The summed E-state index contributed by atoms with van der Waals surface area (Å²) in [7, 11) is -3.44. The summed E-state index contributed by atoms with van der Waals surface area (Å²) in [5, 5.41) is 4.35. The van der Waals surface area contributed by atoms with E-state index in [9.17, 15) is 8.42 Å². The summed E-state index contributed by atoms with van der Waals surface area (Å²) < 4.78 is 32.0. The average Bonchev–Trinajstić information content (AvgIpc) is 3.07. The molecule has 0 saturated carbocycles. The molecule has 0 radical (unpaired) electrons. The van der Waals surface area contributed by atoms with E-state index in [-0.39, 0.29) is 0 Å². The summed E-state index contributed by atoms with van der Waals surface area (Å²) >= 11 is 5.42. The van der Waals surface area contributed by atoms with Crippen molar-refractivity contribution in [1.82, 2.24) is 18.7 Å². The van der Waals surface area contributed by atoms with E-state index >= 15 is 0 Å². The fraction of sp³-hybridized carbons (Fsp3) is 0.579. The number of benzene rings is 1. The molecule has 1 N–H and O–H groups in total. The number of nitrogens with zero attached hydrogens (tertiary/aromatic N) is 4. The zero-order valence-electron chi connectivity index (χ0n) is 16.8. The third-order valence-electron chi connectivity index (χ3n) is 5.64. The summed E-state index contributed by atoms with van der Waals surface area (Å²) in [6.07, 6.45) is 2.79. The van der Waals surface area contributed by atoms with E-state index in [1.54, 1.807) is 22.8 Å². The lowest BCUT2D eigenvalue weighted by Crippen LogP contribution is -3.14. The van der Waals surface area contributed by atoms with Crippen LogP contribution in [0.15, 0.2) is 35.5 Å². The summed E-state index contributed by atoms with van der Waals surface area (Å²) in [6.45, 7) is 10.3. The number of hydrogen-bond acceptors (Lipinski definition) is 4. The Morgan fingerprint density at radius 2 is 1.82 bits per heavy atom. The molecule has 1 saturated heterocycles. The molecular weight excluding hydrogens is 394 g/mol. The van der Waals surface area contributed by atoms with Gasteiger partial charge in [-0.1, -0.05) is 26.0 Å². The van der Waals surface area contributed by atoms with Crippen LogP contribution in [-0.4, -0.2) is 53.2 Å². The number of rotatable bonds is 7. The molecule has 3 rings (SSSR count). The zero-order valence-corrected chi connectivity index (χ0v) is 18.5. The molecule has 1 aliphatic rings. The smallest absolute Gasteiger partial charge is 0.243 e. The molecule has 1 aromatic carbocycles. The number of piperazine rings is 1. The molecule has 1 fully saturated rings. The van der Waals surface area contributed by atoms with Crippen molar-refractivity contribution in [2.24, 2.45) is 0 Å². The predicted molar refractivity (Wildman–Crippen MR) is 111 cm³/mol. The fourth-order valence-corrected chi connectivity index (χ4v) is 5.19. The Hall–Kier alpha value is -1.55. The molecule has 9 heteroatoms. The van der Waals surface area contributed by atoms with Gasteiger partial charge >= 0.3 is 0 Å². The Morgan fingerprint density at radius 3 is 2.36 bits per heavy atom. The van der Waals surface area contributed by atoms with Crippen LogP contribution in [0.3, 0.4) is 0 Å². The number of quaternary nitrogens is 1. The first-order valence-corrected chi connectivity index (χ1v) is 11.8. The van der Waals surface area contributed by atoms with Gasteiger partial charge in [-0.2, -0.15) is 14.1 Å². The molecule has 1 aromatic heterocycles. The first kappa shape index (κ1) is 21.2. The van der Waals surface area contributed by atoms with Crippen LogP contribution in [0, 0.1) is 4.77 Å². The Bertz CT molecular complexity index is 941. The number of aromatic nitrogens is 3. The molecule has 1 atom stereocenters. The van der Waals surface area contributed by atoms with Crippen LogP contribution in [0.25, 0.3) is 0 Å². The number of aryl methyl sites for hydroxylation is 1. The third-order valence-corrected chi connectivity index (χ3v) is 8.00. The van der Waals surface area contributed by atoms with Crippen LogP contribution < -0.4 is 4.90 Å². The van der Waals surface area contributed by atoms with E-state index in [0.29, 0.717) is 35.3 Å². The van der Waals surface area contributed by atoms with Crippen LogP contribution >= 0.6 is 12.2 Å². The average molecular weight is 425 g/mol. The topological polar surface area (TPSA) is 64.6 Å².